The minimum Gasteiger partial charge on any atom is -0.388 e. The lowest BCUT2D eigenvalue weighted by molar-refractivity contribution is 0.0821. The number of sulfone groups is 1. The van der Waals surface area contributed by atoms with Crippen LogP contribution in [0.4, 0.5) is 0 Å². The van der Waals surface area contributed by atoms with E-state index in [4.69, 9.17) is 0 Å². The molecule has 5 heteroatoms. The zero-order chi connectivity index (χ0) is 18.3. The van der Waals surface area contributed by atoms with Gasteiger partial charge in [0.05, 0.1) is 16.2 Å². The monoisotopic (exact) mass is 361 g/mol. The summed E-state index contributed by atoms with van der Waals surface area (Å²) in [5, 5.41) is 13.7. The Balaban J connectivity index is 1.83. The second-order valence-corrected chi connectivity index (χ2v) is 8.98. The van der Waals surface area contributed by atoms with Gasteiger partial charge in [0, 0.05) is 6.54 Å². The van der Waals surface area contributed by atoms with Crippen molar-refractivity contribution in [2.24, 2.45) is 5.92 Å². The van der Waals surface area contributed by atoms with Crippen molar-refractivity contribution in [1.82, 2.24) is 5.32 Å². The number of hydrogen-bond acceptors (Lipinski definition) is 4. The molecule has 4 nitrogen and oxygen atoms in total. The fraction of sp³-hybridized carbons (Fsp3) is 0.400. The summed E-state index contributed by atoms with van der Waals surface area (Å²) in [6.45, 7) is 4.65. The average Bonchev–Trinajstić information content (AvgIpc) is 2.55. The van der Waals surface area contributed by atoms with Gasteiger partial charge in [-0.05, 0) is 43.5 Å². The van der Waals surface area contributed by atoms with Crippen molar-refractivity contribution in [1.29, 1.82) is 0 Å². The first-order valence-corrected chi connectivity index (χ1v) is 10.2. The molecule has 0 saturated heterocycles. The maximum Gasteiger partial charge on any atom is 0.181 e. The van der Waals surface area contributed by atoms with Crippen LogP contribution in [0.25, 0.3) is 0 Å². The van der Waals surface area contributed by atoms with E-state index >= 15 is 0 Å². The van der Waals surface area contributed by atoms with Gasteiger partial charge in [0.1, 0.15) is 0 Å². The lowest BCUT2D eigenvalue weighted by atomic mass is 10.0. The molecule has 0 amide bonds. The van der Waals surface area contributed by atoms with Crippen LogP contribution in [0.15, 0.2) is 65.6 Å². The van der Waals surface area contributed by atoms with E-state index in [-0.39, 0.29) is 17.2 Å². The Bertz CT molecular complexity index is 743. The Morgan fingerprint density at radius 1 is 1.04 bits per heavy atom. The molecular formula is C20H27NO3S. The van der Waals surface area contributed by atoms with Crippen LogP contribution < -0.4 is 5.32 Å². The van der Waals surface area contributed by atoms with E-state index < -0.39 is 15.4 Å². The van der Waals surface area contributed by atoms with Crippen molar-refractivity contribution >= 4 is 9.84 Å². The van der Waals surface area contributed by atoms with E-state index in [1.54, 1.807) is 37.3 Å². The third-order valence-electron chi connectivity index (χ3n) is 4.03. The van der Waals surface area contributed by atoms with Gasteiger partial charge in [-0.1, -0.05) is 55.5 Å². The van der Waals surface area contributed by atoms with E-state index in [9.17, 15) is 13.5 Å². The molecule has 0 aromatic heterocycles. The van der Waals surface area contributed by atoms with Gasteiger partial charge in [0.25, 0.3) is 0 Å². The normalized spacial score (nSPS) is 15.5. The lowest BCUT2D eigenvalue weighted by Gasteiger charge is -2.24. The molecule has 0 aliphatic heterocycles. The van der Waals surface area contributed by atoms with Gasteiger partial charge in [-0.2, -0.15) is 0 Å². The number of aliphatic hydroxyl groups is 1. The van der Waals surface area contributed by atoms with Crippen LogP contribution in [-0.4, -0.2) is 38.0 Å². The lowest BCUT2D eigenvalue weighted by Crippen LogP contribution is -2.44. The van der Waals surface area contributed by atoms with Crippen LogP contribution in [-0.2, 0) is 16.3 Å². The molecule has 0 aliphatic carbocycles. The highest BCUT2D eigenvalue weighted by molar-refractivity contribution is 7.91. The highest BCUT2D eigenvalue weighted by atomic mass is 32.2. The second-order valence-electron chi connectivity index (χ2n) is 6.99. The molecule has 1 unspecified atom stereocenters. The van der Waals surface area contributed by atoms with Crippen molar-refractivity contribution in [3.8, 4) is 0 Å². The molecule has 2 aromatic carbocycles. The first-order chi connectivity index (χ1) is 11.8. The zero-order valence-electron chi connectivity index (χ0n) is 14.9. The van der Waals surface area contributed by atoms with Crippen molar-refractivity contribution in [2.45, 2.75) is 30.8 Å². The Kier molecular flexibility index (Phi) is 6.76. The van der Waals surface area contributed by atoms with Crippen LogP contribution in [0, 0.1) is 5.92 Å². The minimum atomic E-state index is -3.51. The summed E-state index contributed by atoms with van der Waals surface area (Å²) in [5.41, 5.74) is -0.0450. The van der Waals surface area contributed by atoms with Crippen molar-refractivity contribution in [3.05, 3.63) is 66.2 Å². The molecule has 136 valence electrons. The molecule has 25 heavy (non-hydrogen) atoms. The van der Waals surface area contributed by atoms with Gasteiger partial charge in [0.15, 0.2) is 9.84 Å². The van der Waals surface area contributed by atoms with Gasteiger partial charge in [-0.3, -0.25) is 0 Å². The molecular weight excluding hydrogens is 334 g/mol. The Labute approximate surface area is 150 Å². The zero-order valence-corrected chi connectivity index (χ0v) is 15.7. The van der Waals surface area contributed by atoms with Gasteiger partial charge in [0.2, 0.25) is 0 Å². The van der Waals surface area contributed by atoms with E-state index in [0.29, 0.717) is 5.92 Å². The molecule has 2 atom stereocenters. The Morgan fingerprint density at radius 3 is 2.20 bits per heavy atom. The molecule has 2 rings (SSSR count). The first kappa shape index (κ1) is 19.6. The topological polar surface area (TPSA) is 66.4 Å². The third-order valence-corrected chi connectivity index (χ3v) is 6.02. The minimum absolute atomic E-state index is 0.234. The fourth-order valence-electron chi connectivity index (χ4n) is 2.85. The van der Waals surface area contributed by atoms with E-state index in [1.807, 2.05) is 18.2 Å². The standard InChI is InChI=1S/C20H27NO3S/c1-17(13-18-9-5-3-6-10-18)14-21-15-20(2,22)16-25(23,24)19-11-7-4-8-12-19/h3-12,17,21-22H,13-16H2,1-2H3/t17-,20?/m1/s1. The molecule has 2 aromatic rings. The molecule has 0 saturated carbocycles. The molecule has 0 heterocycles. The smallest absolute Gasteiger partial charge is 0.181 e. The van der Waals surface area contributed by atoms with Crippen LogP contribution in [0.5, 0.6) is 0 Å². The van der Waals surface area contributed by atoms with Crippen LogP contribution >= 0.6 is 0 Å². The summed E-state index contributed by atoms with van der Waals surface area (Å²) >= 11 is 0. The number of nitrogens with one attached hydrogen (secondary N) is 1. The van der Waals surface area contributed by atoms with Crippen molar-refractivity contribution < 1.29 is 13.5 Å². The van der Waals surface area contributed by atoms with E-state index in [2.05, 4.69) is 24.4 Å². The van der Waals surface area contributed by atoms with Crippen LogP contribution in [0.3, 0.4) is 0 Å². The molecule has 0 aliphatic rings. The predicted molar refractivity (Wildman–Crippen MR) is 101 cm³/mol. The molecule has 0 fully saturated rings. The molecule has 0 radical (unpaired) electrons. The third kappa shape index (κ3) is 6.61. The first-order valence-electron chi connectivity index (χ1n) is 8.53. The summed E-state index contributed by atoms with van der Waals surface area (Å²) in [4.78, 5) is 0.243. The predicted octanol–water partition coefficient (Wildman–Crippen LogP) is 2.68. The van der Waals surface area contributed by atoms with E-state index in [1.165, 1.54) is 5.56 Å². The number of hydrogen-bond donors (Lipinski definition) is 2. The van der Waals surface area contributed by atoms with Gasteiger partial charge in [-0.25, -0.2) is 8.42 Å². The maximum absolute atomic E-state index is 12.4. The molecule has 0 bridgehead atoms. The van der Waals surface area contributed by atoms with Gasteiger partial charge < -0.3 is 10.4 Å². The number of benzene rings is 2. The summed E-state index contributed by atoms with van der Waals surface area (Å²) in [7, 11) is -3.51. The summed E-state index contributed by atoms with van der Waals surface area (Å²) < 4.78 is 24.8. The van der Waals surface area contributed by atoms with Gasteiger partial charge >= 0.3 is 0 Å². The number of rotatable bonds is 9. The maximum atomic E-state index is 12.4. The highest BCUT2D eigenvalue weighted by Crippen LogP contribution is 2.16. The van der Waals surface area contributed by atoms with Gasteiger partial charge in [-0.15, -0.1) is 0 Å². The summed E-state index contributed by atoms with van der Waals surface area (Å²) in [5.74, 6) is 0.0910. The summed E-state index contributed by atoms with van der Waals surface area (Å²) in [6, 6.07) is 18.5. The fourth-order valence-corrected chi connectivity index (χ4v) is 4.51. The average molecular weight is 362 g/mol. The second kappa shape index (κ2) is 8.61. The Hall–Kier alpha value is -1.69. The quantitative estimate of drug-likeness (QED) is 0.721. The van der Waals surface area contributed by atoms with Crippen LogP contribution in [0.2, 0.25) is 0 Å². The van der Waals surface area contributed by atoms with Crippen LogP contribution in [0.1, 0.15) is 19.4 Å². The van der Waals surface area contributed by atoms with Crippen molar-refractivity contribution in [2.75, 3.05) is 18.8 Å². The molecule has 0 spiro atoms. The summed E-state index contributed by atoms with van der Waals surface area (Å²) in [6.07, 6.45) is 0.943. The largest absolute Gasteiger partial charge is 0.388 e. The molecule has 2 N–H and O–H groups in total. The van der Waals surface area contributed by atoms with E-state index in [0.717, 1.165) is 13.0 Å². The highest BCUT2D eigenvalue weighted by Gasteiger charge is 2.29. The van der Waals surface area contributed by atoms with Crippen molar-refractivity contribution in [3.63, 3.8) is 0 Å². The SMILES string of the molecule is C[C@@H](CNCC(C)(O)CS(=O)(=O)c1ccccc1)Cc1ccccc1. The Morgan fingerprint density at radius 2 is 1.60 bits per heavy atom.